The molecule has 0 unspecified atom stereocenters. The van der Waals surface area contributed by atoms with Crippen molar-refractivity contribution in [3.8, 4) is 0 Å². The first kappa shape index (κ1) is 15.0. The highest BCUT2D eigenvalue weighted by molar-refractivity contribution is 9.10. The third kappa shape index (κ3) is 3.30. The number of nitrogens with zero attached hydrogens (tertiary/aromatic N) is 3. The van der Waals surface area contributed by atoms with Crippen LogP contribution < -0.4 is 0 Å². The number of rotatable bonds is 5. The number of halogens is 2. The molecule has 1 aromatic carbocycles. The van der Waals surface area contributed by atoms with E-state index < -0.39 is 0 Å². The zero-order valence-electron chi connectivity index (χ0n) is 11.6. The lowest BCUT2D eigenvalue weighted by atomic mass is 10.3. The minimum absolute atomic E-state index is 0.584. The van der Waals surface area contributed by atoms with Gasteiger partial charge in [-0.3, -0.25) is 0 Å². The molecule has 6 heteroatoms. The highest BCUT2D eigenvalue weighted by Gasteiger charge is 2.11. The van der Waals surface area contributed by atoms with E-state index in [9.17, 15) is 0 Å². The number of aryl methyl sites for hydroxylation is 4. The third-order valence-electron chi connectivity index (χ3n) is 3.37. The smallest absolute Gasteiger partial charge is 0.111 e. The molecule has 2 heterocycles. The number of aromatic nitrogens is 3. The van der Waals surface area contributed by atoms with Gasteiger partial charge in [0, 0.05) is 35.1 Å². The molecule has 0 bridgehead atoms. The van der Waals surface area contributed by atoms with Crippen molar-refractivity contribution in [3.05, 3.63) is 44.6 Å². The molecule has 3 aromatic rings. The first-order chi connectivity index (χ1) is 10.2. The number of hydrogen-bond acceptors (Lipinski definition) is 3. The van der Waals surface area contributed by atoms with E-state index in [0.29, 0.717) is 5.88 Å². The molecule has 0 aliphatic heterocycles. The molecule has 0 N–H and O–H groups in total. The Bertz CT molecular complexity index is 765. The largest absolute Gasteiger partial charge is 0.328 e. The van der Waals surface area contributed by atoms with Gasteiger partial charge in [0.05, 0.1) is 21.7 Å². The van der Waals surface area contributed by atoms with Gasteiger partial charge < -0.3 is 4.57 Å². The molecule has 0 aliphatic carbocycles. The Hall–Kier alpha value is -0.910. The second-order valence-corrected chi connectivity index (χ2v) is 7.22. The Labute approximate surface area is 141 Å². The molecule has 2 aromatic heterocycles. The van der Waals surface area contributed by atoms with Gasteiger partial charge in [-0.25, -0.2) is 9.97 Å². The average molecular weight is 385 g/mol. The molecule has 21 heavy (non-hydrogen) atoms. The van der Waals surface area contributed by atoms with Gasteiger partial charge in [-0.1, -0.05) is 15.9 Å². The number of hydrogen-bond donors (Lipinski definition) is 0. The molecule has 0 saturated carbocycles. The van der Waals surface area contributed by atoms with Gasteiger partial charge in [0.25, 0.3) is 0 Å². The van der Waals surface area contributed by atoms with E-state index >= 15 is 0 Å². The lowest BCUT2D eigenvalue weighted by Gasteiger charge is -2.07. The standard InChI is InChI=1S/C15H15BrClN3S/c1-10-18-12(9-21-10)5-7-20-14-3-2-11(16)8-13(14)19-15(20)4-6-17/h2-3,8-9H,4-7H2,1H3. The summed E-state index contributed by atoms with van der Waals surface area (Å²) in [6.45, 7) is 2.92. The lowest BCUT2D eigenvalue weighted by Crippen LogP contribution is -2.07. The molecule has 0 amide bonds. The Kier molecular flexibility index (Phi) is 4.62. The molecular formula is C15H15BrClN3S. The van der Waals surface area contributed by atoms with Crippen molar-refractivity contribution in [1.29, 1.82) is 0 Å². The predicted octanol–water partition coefficient (Wildman–Crippen LogP) is 4.59. The molecule has 0 radical (unpaired) electrons. The summed E-state index contributed by atoms with van der Waals surface area (Å²) in [6, 6.07) is 6.21. The van der Waals surface area contributed by atoms with Gasteiger partial charge in [-0.2, -0.15) is 0 Å². The van der Waals surface area contributed by atoms with Crippen molar-refractivity contribution < 1.29 is 0 Å². The van der Waals surface area contributed by atoms with Crippen molar-refractivity contribution in [3.63, 3.8) is 0 Å². The highest BCUT2D eigenvalue weighted by Crippen LogP contribution is 2.22. The number of benzene rings is 1. The van der Waals surface area contributed by atoms with Gasteiger partial charge in [-0.05, 0) is 25.1 Å². The molecule has 3 rings (SSSR count). The molecule has 0 spiro atoms. The quantitative estimate of drug-likeness (QED) is 0.602. The maximum Gasteiger partial charge on any atom is 0.111 e. The lowest BCUT2D eigenvalue weighted by molar-refractivity contribution is 0.667. The molecule has 0 atom stereocenters. The van der Waals surface area contributed by atoms with Crippen LogP contribution in [0.4, 0.5) is 0 Å². The minimum Gasteiger partial charge on any atom is -0.328 e. The molecule has 110 valence electrons. The predicted molar refractivity (Wildman–Crippen MR) is 92.4 cm³/mol. The van der Waals surface area contributed by atoms with Crippen LogP contribution in [0, 0.1) is 6.92 Å². The summed E-state index contributed by atoms with van der Waals surface area (Å²) < 4.78 is 3.31. The average Bonchev–Trinajstić information content (AvgIpc) is 3.00. The number of imidazole rings is 1. The van der Waals surface area contributed by atoms with E-state index in [4.69, 9.17) is 16.6 Å². The molecular weight excluding hydrogens is 370 g/mol. The third-order valence-corrected chi connectivity index (χ3v) is 4.87. The minimum atomic E-state index is 0.584. The zero-order chi connectivity index (χ0) is 14.8. The summed E-state index contributed by atoms with van der Waals surface area (Å²) in [7, 11) is 0. The summed E-state index contributed by atoms with van der Waals surface area (Å²) >= 11 is 11.1. The fourth-order valence-electron chi connectivity index (χ4n) is 2.43. The van der Waals surface area contributed by atoms with Crippen molar-refractivity contribution in [1.82, 2.24) is 14.5 Å². The molecule has 3 nitrogen and oxygen atoms in total. The van der Waals surface area contributed by atoms with Crippen molar-refractivity contribution in [2.45, 2.75) is 26.3 Å². The number of fused-ring (bicyclic) bond motifs is 1. The number of thiazole rings is 1. The zero-order valence-corrected chi connectivity index (χ0v) is 14.8. The number of alkyl halides is 1. The maximum absolute atomic E-state index is 5.91. The first-order valence-electron chi connectivity index (χ1n) is 6.79. The second kappa shape index (κ2) is 6.46. The van der Waals surface area contributed by atoms with Crippen LogP contribution in [0.5, 0.6) is 0 Å². The van der Waals surface area contributed by atoms with Crippen LogP contribution in [0.25, 0.3) is 11.0 Å². The van der Waals surface area contributed by atoms with Crippen LogP contribution in [0.3, 0.4) is 0 Å². The fourth-order valence-corrected chi connectivity index (χ4v) is 3.59. The van der Waals surface area contributed by atoms with Gasteiger partial charge in [0.1, 0.15) is 5.82 Å². The summed E-state index contributed by atoms with van der Waals surface area (Å²) in [6.07, 6.45) is 1.70. The van der Waals surface area contributed by atoms with Gasteiger partial charge in [0.2, 0.25) is 0 Å². The Morgan fingerprint density at radius 3 is 2.86 bits per heavy atom. The van der Waals surface area contributed by atoms with E-state index in [1.807, 2.05) is 6.92 Å². The summed E-state index contributed by atoms with van der Waals surface area (Å²) in [5.74, 6) is 1.63. The van der Waals surface area contributed by atoms with E-state index in [1.54, 1.807) is 11.3 Å². The molecule has 0 aliphatic rings. The van der Waals surface area contributed by atoms with Crippen molar-refractivity contribution in [2.24, 2.45) is 0 Å². The van der Waals surface area contributed by atoms with E-state index in [-0.39, 0.29) is 0 Å². The monoisotopic (exact) mass is 383 g/mol. The Morgan fingerprint density at radius 2 is 2.14 bits per heavy atom. The Morgan fingerprint density at radius 1 is 1.29 bits per heavy atom. The van der Waals surface area contributed by atoms with Crippen LogP contribution in [0.1, 0.15) is 16.5 Å². The van der Waals surface area contributed by atoms with E-state index in [2.05, 4.69) is 49.1 Å². The fraction of sp³-hybridized carbons (Fsp3) is 0.333. The van der Waals surface area contributed by atoms with E-state index in [0.717, 1.165) is 51.4 Å². The van der Waals surface area contributed by atoms with Crippen molar-refractivity contribution in [2.75, 3.05) is 5.88 Å². The van der Waals surface area contributed by atoms with Gasteiger partial charge >= 0.3 is 0 Å². The summed E-state index contributed by atoms with van der Waals surface area (Å²) in [5, 5.41) is 3.25. The normalized spacial score (nSPS) is 11.4. The van der Waals surface area contributed by atoms with Crippen LogP contribution >= 0.6 is 38.9 Å². The summed E-state index contributed by atoms with van der Waals surface area (Å²) in [5.41, 5.74) is 3.32. The van der Waals surface area contributed by atoms with Crippen molar-refractivity contribution >= 4 is 49.9 Å². The SMILES string of the molecule is Cc1nc(CCn2c(CCCl)nc3cc(Br)ccc32)cs1. The molecule has 0 saturated heterocycles. The van der Waals surface area contributed by atoms with Gasteiger partial charge in [-0.15, -0.1) is 22.9 Å². The van der Waals surface area contributed by atoms with Gasteiger partial charge in [0.15, 0.2) is 0 Å². The topological polar surface area (TPSA) is 30.7 Å². The second-order valence-electron chi connectivity index (χ2n) is 4.86. The van der Waals surface area contributed by atoms with E-state index in [1.165, 1.54) is 0 Å². The van der Waals surface area contributed by atoms with Crippen LogP contribution in [-0.2, 0) is 19.4 Å². The summed E-state index contributed by atoms with van der Waals surface area (Å²) in [4.78, 5) is 9.24. The maximum atomic E-state index is 5.91. The Balaban J connectivity index is 1.92. The van der Waals surface area contributed by atoms with Crippen LogP contribution in [-0.4, -0.2) is 20.4 Å². The molecule has 0 fully saturated rings. The van der Waals surface area contributed by atoms with Crippen LogP contribution in [0.2, 0.25) is 0 Å². The highest BCUT2D eigenvalue weighted by atomic mass is 79.9. The first-order valence-corrected chi connectivity index (χ1v) is 8.99. The van der Waals surface area contributed by atoms with Crippen LogP contribution in [0.15, 0.2) is 28.1 Å².